The van der Waals surface area contributed by atoms with Gasteiger partial charge in [-0.05, 0) is 0 Å². The van der Waals surface area contributed by atoms with Crippen molar-refractivity contribution in [2.45, 2.75) is 12.5 Å². The quantitative estimate of drug-likeness (QED) is 0.807. The van der Waals surface area contributed by atoms with E-state index in [-0.39, 0.29) is 12.3 Å². The van der Waals surface area contributed by atoms with Gasteiger partial charge in [0.2, 0.25) is 5.91 Å². The molecule has 2 heterocycles. The maximum atomic E-state index is 11.4. The van der Waals surface area contributed by atoms with Crippen molar-refractivity contribution in [3.63, 3.8) is 0 Å². The molecule has 1 N–H and O–H groups in total. The fourth-order valence-electron chi connectivity index (χ4n) is 1.81. The van der Waals surface area contributed by atoms with Crippen LogP contribution in [-0.2, 0) is 9.59 Å². The van der Waals surface area contributed by atoms with E-state index in [9.17, 15) is 9.59 Å². The zero-order chi connectivity index (χ0) is 11.0. The topological polar surface area (TPSA) is 70.5 Å². The first-order valence-corrected chi connectivity index (χ1v) is 5.37. The van der Waals surface area contributed by atoms with Crippen LogP contribution in [0.4, 0.5) is 0 Å². The SMILES string of the molecule is CN1C(=O)CC(C(=O)O)C1c1nccs1. The van der Waals surface area contributed by atoms with Crippen LogP contribution >= 0.6 is 11.3 Å². The number of carboxylic acid groups (broad SMARTS) is 1. The van der Waals surface area contributed by atoms with Crippen LogP contribution in [0.5, 0.6) is 0 Å². The molecule has 0 aliphatic carbocycles. The highest BCUT2D eigenvalue weighted by atomic mass is 32.1. The Morgan fingerprint density at radius 2 is 2.47 bits per heavy atom. The van der Waals surface area contributed by atoms with E-state index in [2.05, 4.69) is 4.98 Å². The second kappa shape index (κ2) is 3.62. The molecule has 1 aromatic heterocycles. The molecule has 15 heavy (non-hydrogen) atoms. The van der Waals surface area contributed by atoms with Gasteiger partial charge in [-0.1, -0.05) is 0 Å². The Morgan fingerprint density at radius 3 is 3.00 bits per heavy atom. The molecular formula is C9H10N2O3S. The molecule has 80 valence electrons. The fourth-order valence-corrected chi connectivity index (χ4v) is 2.65. The molecular weight excluding hydrogens is 216 g/mol. The summed E-state index contributed by atoms with van der Waals surface area (Å²) in [5.41, 5.74) is 0. The van der Waals surface area contributed by atoms with E-state index in [1.807, 2.05) is 0 Å². The van der Waals surface area contributed by atoms with Crippen LogP contribution < -0.4 is 0 Å². The van der Waals surface area contributed by atoms with Gasteiger partial charge in [-0.3, -0.25) is 9.59 Å². The van der Waals surface area contributed by atoms with E-state index in [0.717, 1.165) is 0 Å². The Bertz CT molecular complexity index is 390. The second-order valence-corrected chi connectivity index (χ2v) is 4.39. The van der Waals surface area contributed by atoms with Crippen molar-refractivity contribution >= 4 is 23.2 Å². The summed E-state index contributed by atoms with van der Waals surface area (Å²) in [7, 11) is 1.62. The van der Waals surface area contributed by atoms with Crippen molar-refractivity contribution < 1.29 is 14.7 Å². The number of likely N-dealkylation sites (tertiary alicyclic amines) is 1. The summed E-state index contributed by atoms with van der Waals surface area (Å²) in [5.74, 6) is -1.75. The number of amides is 1. The number of aliphatic carboxylic acids is 1. The van der Waals surface area contributed by atoms with Crippen molar-refractivity contribution in [2.75, 3.05) is 7.05 Å². The first kappa shape index (κ1) is 10.1. The van der Waals surface area contributed by atoms with Gasteiger partial charge in [0, 0.05) is 25.0 Å². The monoisotopic (exact) mass is 226 g/mol. The molecule has 2 rings (SSSR count). The Hall–Kier alpha value is -1.43. The van der Waals surface area contributed by atoms with Crippen molar-refractivity contribution in [1.82, 2.24) is 9.88 Å². The summed E-state index contributed by atoms with van der Waals surface area (Å²) < 4.78 is 0. The van der Waals surface area contributed by atoms with Crippen LogP contribution in [-0.4, -0.2) is 33.9 Å². The molecule has 1 aliphatic rings. The van der Waals surface area contributed by atoms with E-state index < -0.39 is 17.9 Å². The van der Waals surface area contributed by atoms with Crippen molar-refractivity contribution in [2.24, 2.45) is 5.92 Å². The lowest BCUT2D eigenvalue weighted by Crippen LogP contribution is -2.26. The maximum absolute atomic E-state index is 11.4. The minimum absolute atomic E-state index is 0.0656. The molecule has 0 spiro atoms. The molecule has 1 aromatic rings. The summed E-state index contributed by atoms with van der Waals surface area (Å²) in [4.78, 5) is 28.0. The molecule has 0 saturated carbocycles. The smallest absolute Gasteiger partial charge is 0.309 e. The summed E-state index contributed by atoms with van der Waals surface area (Å²) in [6.07, 6.45) is 1.69. The Labute approximate surface area is 90.4 Å². The first-order chi connectivity index (χ1) is 7.11. The fraction of sp³-hybridized carbons (Fsp3) is 0.444. The van der Waals surface area contributed by atoms with E-state index in [4.69, 9.17) is 5.11 Å². The summed E-state index contributed by atoms with van der Waals surface area (Å²) >= 11 is 1.38. The van der Waals surface area contributed by atoms with Crippen molar-refractivity contribution in [1.29, 1.82) is 0 Å². The highest BCUT2D eigenvalue weighted by Gasteiger charge is 2.44. The van der Waals surface area contributed by atoms with Gasteiger partial charge in [0.1, 0.15) is 5.01 Å². The minimum Gasteiger partial charge on any atom is -0.481 e. The van der Waals surface area contributed by atoms with Crippen LogP contribution in [0, 0.1) is 5.92 Å². The Kier molecular flexibility index (Phi) is 2.44. The first-order valence-electron chi connectivity index (χ1n) is 4.49. The summed E-state index contributed by atoms with van der Waals surface area (Å²) in [5, 5.41) is 11.5. The number of nitrogens with zero attached hydrogens (tertiary/aromatic N) is 2. The third-order valence-electron chi connectivity index (χ3n) is 2.61. The lowest BCUT2D eigenvalue weighted by molar-refractivity contribution is -0.142. The standard InChI is InChI=1S/C9H10N2O3S/c1-11-6(12)4-5(9(13)14)7(11)8-10-2-3-15-8/h2-3,5,7H,4H2,1H3,(H,13,14). The number of aromatic nitrogens is 1. The predicted molar refractivity (Wildman–Crippen MR) is 53.4 cm³/mol. The average Bonchev–Trinajstić information content (AvgIpc) is 2.76. The number of carbonyl (C=O) groups excluding carboxylic acids is 1. The molecule has 0 aromatic carbocycles. The van der Waals surface area contributed by atoms with Crippen LogP contribution in [0.25, 0.3) is 0 Å². The van der Waals surface area contributed by atoms with E-state index in [0.29, 0.717) is 5.01 Å². The van der Waals surface area contributed by atoms with Gasteiger partial charge in [-0.2, -0.15) is 0 Å². The number of thiazole rings is 1. The van der Waals surface area contributed by atoms with Crippen LogP contribution in [0.3, 0.4) is 0 Å². The van der Waals surface area contributed by atoms with Gasteiger partial charge in [-0.25, -0.2) is 4.98 Å². The molecule has 2 unspecified atom stereocenters. The summed E-state index contributed by atoms with van der Waals surface area (Å²) in [6.45, 7) is 0. The lowest BCUT2D eigenvalue weighted by atomic mass is 10.0. The van der Waals surface area contributed by atoms with Crippen LogP contribution in [0.15, 0.2) is 11.6 Å². The van der Waals surface area contributed by atoms with Crippen LogP contribution in [0.1, 0.15) is 17.5 Å². The van der Waals surface area contributed by atoms with Gasteiger partial charge >= 0.3 is 5.97 Å². The zero-order valence-electron chi connectivity index (χ0n) is 8.08. The largest absolute Gasteiger partial charge is 0.481 e. The van der Waals surface area contributed by atoms with Gasteiger partial charge in [0.15, 0.2) is 0 Å². The third kappa shape index (κ3) is 1.61. The van der Waals surface area contributed by atoms with E-state index in [1.54, 1.807) is 18.6 Å². The molecule has 1 amide bonds. The van der Waals surface area contributed by atoms with Crippen LogP contribution in [0.2, 0.25) is 0 Å². The molecule has 0 bridgehead atoms. The predicted octanol–water partition coefficient (Wildman–Crippen LogP) is 0.747. The number of carbonyl (C=O) groups is 2. The Balaban J connectivity index is 2.34. The number of carboxylic acids is 1. The van der Waals surface area contributed by atoms with Crippen molar-refractivity contribution in [3.05, 3.63) is 16.6 Å². The zero-order valence-corrected chi connectivity index (χ0v) is 8.90. The van der Waals surface area contributed by atoms with Gasteiger partial charge in [0.25, 0.3) is 0 Å². The van der Waals surface area contributed by atoms with E-state index in [1.165, 1.54) is 16.2 Å². The maximum Gasteiger partial charge on any atom is 0.309 e. The normalized spacial score (nSPS) is 25.9. The summed E-state index contributed by atoms with van der Waals surface area (Å²) in [6, 6.07) is -0.407. The molecule has 1 fully saturated rings. The number of hydrogen-bond acceptors (Lipinski definition) is 4. The lowest BCUT2D eigenvalue weighted by Gasteiger charge is -2.20. The molecule has 1 aliphatic heterocycles. The highest BCUT2D eigenvalue weighted by molar-refractivity contribution is 7.09. The molecule has 0 radical (unpaired) electrons. The molecule has 1 saturated heterocycles. The molecule has 5 nitrogen and oxygen atoms in total. The number of rotatable bonds is 2. The van der Waals surface area contributed by atoms with E-state index >= 15 is 0 Å². The second-order valence-electron chi connectivity index (χ2n) is 3.47. The number of hydrogen-bond donors (Lipinski definition) is 1. The van der Waals surface area contributed by atoms with Crippen molar-refractivity contribution in [3.8, 4) is 0 Å². The third-order valence-corrected chi connectivity index (χ3v) is 3.45. The van der Waals surface area contributed by atoms with Gasteiger partial charge in [0.05, 0.1) is 12.0 Å². The molecule has 6 heteroatoms. The van der Waals surface area contributed by atoms with Gasteiger partial charge < -0.3 is 10.0 Å². The molecule has 2 atom stereocenters. The average molecular weight is 226 g/mol. The minimum atomic E-state index is -0.937. The Morgan fingerprint density at radius 1 is 1.73 bits per heavy atom. The highest BCUT2D eigenvalue weighted by Crippen LogP contribution is 2.37. The van der Waals surface area contributed by atoms with Gasteiger partial charge in [-0.15, -0.1) is 11.3 Å².